The molecule has 0 aromatic carbocycles. The van der Waals surface area contributed by atoms with Crippen LogP contribution in [0.3, 0.4) is 0 Å². The number of rotatable bonds is 7. The molecule has 4 nitrogen and oxygen atoms in total. The number of carbonyl (C=O) groups excluding carboxylic acids is 1. The van der Waals surface area contributed by atoms with Gasteiger partial charge in [0.25, 0.3) is 0 Å². The summed E-state index contributed by atoms with van der Waals surface area (Å²) >= 11 is 0. The van der Waals surface area contributed by atoms with Crippen LogP contribution in [0.15, 0.2) is 0 Å². The minimum absolute atomic E-state index is 0.0324. The summed E-state index contributed by atoms with van der Waals surface area (Å²) in [6, 6.07) is -0.764. The van der Waals surface area contributed by atoms with E-state index in [9.17, 15) is 18.0 Å². The fourth-order valence-corrected chi connectivity index (χ4v) is 1.86. The highest BCUT2D eigenvalue weighted by Crippen LogP contribution is 2.30. The maximum Gasteiger partial charge on any atom is 0.401 e. The van der Waals surface area contributed by atoms with E-state index < -0.39 is 24.7 Å². The molecule has 18 heavy (non-hydrogen) atoms. The van der Waals surface area contributed by atoms with Crippen LogP contribution in [0.1, 0.15) is 19.8 Å². The van der Waals surface area contributed by atoms with Gasteiger partial charge in [-0.2, -0.15) is 13.2 Å². The van der Waals surface area contributed by atoms with Crippen LogP contribution >= 0.6 is 0 Å². The number of esters is 1. The van der Waals surface area contributed by atoms with Gasteiger partial charge in [0, 0.05) is 12.6 Å². The molecule has 0 bridgehead atoms. The Kier molecular flexibility index (Phi) is 5.40. The standard InChI is InChI=1S/C11H19F3N2O2/c1-3-15-9(10(17)18-2)6-16(8-4-5-8)7-11(12,13)14/h8-9,15H,3-7H2,1-2H3. The molecule has 1 unspecified atom stereocenters. The normalized spacial score (nSPS) is 17.9. The lowest BCUT2D eigenvalue weighted by Gasteiger charge is -2.27. The number of carbonyl (C=O) groups is 1. The molecule has 1 aliphatic carbocycles. The molecule has 1 aliphatic rings. The van der Waals surface area contributed by atoms with E-state index in [1.807, 2.05) is 0 Å². The first-order valence-corrected chi connectivity index (χ1v) is 5.99. The zero-order valence-corrected chi connectivity index (χ0v) is 10.6. The van der Waals surface area contributed by atoms with E-state index in [0.717, 1.165) is 12.8 Å². The molecule has 0 heterocycles. The van der Waals surface area contributed by atoms with Gasteiger partial charge in [-0.25, -0.2) is 0 Å². The number of hydrogen-bond acceptors (Lipinski definition) is 4. The lowest BCUT2D eigenvalue weighted by molar-refractivity contribution is -0.153. The van der Waals surface area contributed by atoms with Crippen LogP contribution in [0.4, 0.5) is 13.2 Å². The van der Waals surface area contributed by atoms with Crippen LogP contribution in [-0.4, -0.2) is 55.9 Å². The van der Waals surface area contributed by atoms with Crippen molar-refractivity contribution in [1.82, 2.24) is 10.2 Å². The van der Waals surface area contributed by atoms with Gasteiger partial charge >= 0.3 is 12.1 Å². The van der Waals surface area contributed by atoms with Crippen molar-refractivity contribution in [3.63, 3.8) is 0 Å². The number of alkyl halides is 3. The number of methoxy groups -OCH3 is 1. The van der Waals surface area contributed by atoms with E-state index in [1.165, 1.54) is 12.0 Å². The van der Waals surface area contributed by atoms with E-state index in [1.54, 1.807) is 6.92 Å². The third-order valence-corrected chi connectivity index (χ3v) is 2.80. The van der Waals surface area contributed by atoms with Gasteiger partial charge in [0.1, 0.15) is 6.04 Å². The zero-order valence-electron chi connectivity index (χ0n) is 10.6. The molecule has 1 N–H and O–H groups in total. The van der Waals surface area contributed by atoms with Crippen molar-refractivity contribution in [1.29, 1.82) is 0 Å². The number of hydrogen-bond donors (Lipinski definition) is 1. The molecule has 106 valence electrons. The minimum Gasteiger partial charge on any atom is -0.468 e. The summed E-state index contributed by atoms with van der Waals surface area (Å²) in [6.07, 6.45) is -2.72. The molecule has 1 fully saturated rings. The number of nitrogens with one attached hydrogen (secondary N) is 1. The van der Waals surface area contributed by atoms with Crippen LogP contribution in [0.5, 0.6) is 0 Å². The third kappa shape index (κ3) is 5.22. The lowest BCUT2D eigenvalue weighted by atomic mass is 10.2. The van der Waals surface area contributed by atoms with Gasteiger partial charge in [0.2, 0.25) is 0 Å². The van der Waals surface area contributed by atoms with E-state index in [4.69, 9.17) is 0 Å². The van der Waals surface area contributed by atoms with Gasteiger partial charge < -0.3 is 10.1 Å². The quantitative estimate of drug-likeness (QED) is 0.704. The first-order chi connectivity index (χ1) is 8.37. The van der Waals surface area contributed by atoms with Gasteiger partial charge in [-0.3, -0.25) is 9.69 Å². The number of likely N-dealkylation sites (N-methyl/N-ethyl adjacent to an activating group) is 1. The Morgan fingerprint density at radius 1 is 1.50 bits per heavy atom. The highest BCUT2D eigenvalue weighted by atomic mass is 19.4. The van der Waals surface area contributed by atoms with E-state index in [2.05, 4.69) is 10.1 Å². The van der Waals surface area contributed by atoms with Crippen molar-refractivity contribution < 1.29 is 22.7 Å². The Morgan fingerprint density at radius 2 is 2.11 bits per heavy atom. The molecule has 0 aromatic heterocycles. The molecule has 0 saturated heterocycles. The van der Waals surface area contributed by atoms with Crippen LogP contribution in [0.2, 0.25) is 0 Å². The molecule has 0 aromatic rings. The molecular weight excluding hydrogens is 249 g/mol. The van der Waals surface area contributed by atoms with E-state index >= 15 is 0 Å². The Hall–Kier alpha value is -0.820. The third-order valence-electron chi connectivity index (χ3n) is 2.80. The summed E-state index contributed by atoms with van der Waals surface area (Å²) in [5.74, 6) is -0.523. The van der Waals surface area contributed by atoms with Gasteiger partial charge in [-0.1, -0.05) is 6.92 Å². The molecule has 1 rings (SSSR count). The van der Waals surface area contributed by atoms with Crippen molar-refractivity contribution >= 4 is 5.97 Å². The van der Waals surface area contributed by atoms with Crippen molar-refractivity contribution in [3.05, 3.63) is 0 Å². The average molecular weight is 268 g/mol. The van der Waals surface area contributed by atoms with Gasteiger partial charge in [0.05, 0.1) is 13.7 Å². The summed E-state index contributed by atoms with van der Waals surface area (Å²) in [5, 5.41) is 2.85. The van der Waals surface area contributed by atoms with Crippen molar-refractivity contribution in [2.45, 2.75) is 38.0 Å². The second kappa shape index (κ2) is 6.38. The maximum atomic E-state index is 12.4. The zero-order chi connectivity index (χ0) is 13.8. The fraction of sp³-hybridized carbons (Fsp3) is 0.909. The number of ether oxygens (including phenoxy) is 1. The molecule has 1 saturated carbocycles. The second-order valence-electron chi connectivity index (χ2n) is 4.41. The SMILES string of the molecule is CCNC(CN(CC(F)(F)F)C1CC1)C(=O)OC. The van der Waals surface area contributed by atoms with Gasteiger partial charge in [0.15, 0.2) is 0 Å². The summed E-state index contributed by atoms with van der Waals surface area (Å²) in [4.78, 5) is 12.8. The molecule has 0 aliphatic heterocycles. The minimum atomic E-state index is -4.24. The summed E-state index contributed by atoms with van der Waals surface area (Å²) < 4.78 is 41.9. The Morgan fingerprint density at radius 3 is 2.50 bits per heavy atom. The summed E-state index contributed by atoms with van der Waals surface area (Å²) in [6.45, 7) is 1.35. The second-order valence-corrected chi connectivity index (χ2v) is 4.41. The maximum absolute atomic E-state index is 12.4. The molecule has 7 heteroatoms. The van der Waals surface area contributed by atoms with Crippen molar-refractivity contribution in [3.8, 4) is 0 Å². The smallest absolute Gasteiger partial charge is 0.401 e. The molecule has 0 radical (unpaired) electrons. The summed E-state index contributed by atoms with van der Waals surface area (Å²) in [5.41, 5.74) is 0. The first kappa shape index (κ1) is 15.2. The number of nitrogens with zero attached hydrogens (tertiary/aromatic N) is 1. The fourth-order valence-electron chi connectivity index (χ4n) is 1.86. The van der Waals surface area contributed by atoms with Crippen LogP contribution in [0.25, 0.3) is 0 Å². The topological polar surface area (TPSA) is 41.6 Å². The lowest BCUT2D eigenvalue weighted by Crippen LogP contribution is -2.49. The van der Waals surface area contributed by atoms with Crippen LogP contribution in [-0.2, 0) is 9.53 Å². The van der Waals surface area contributed by atoms with Gasteiger partial charge in [-0.05, 0) is 19.4 Å². The predicted octanol–water partition coefficient (Wildman–Crippen LogP) is 1.16. The monoisotopic (exact) mass is 268 g/mol. The molecular formula is C11H19F3N2O2. The largest absolute Gasteiger partial charge is 0.468 e. The first-order valence-electron chi connectivity index (χ1n) is 5.99. The number of halogens is 3. The molecule has 0 amide bonds. The Bertz CT molecular complexity index is 280. The van der Waals surface area contributed by atoms with Crippen LogP contribution < -0.4 is 5.32 Å². The predicted molar refractivity (Wildman–Crippen MR) is 60.1 cm³/mol. The highest BCUT2D eigenvalue weighted by Gasteiger charge is 2.39. The van der Waals surface area contributed by atoms with Crippen molar-refractivity contribution in [2.24, 2.45) is 0 Å². The Labute approximate surface area is 104 Å². The summed E-state index contributed by atoms with van der Waals surface area (Å²) in [7, 11) is 1.23. The van der Waals surface area contributed by atoms with Crippen molar-refractivity contribution in [2.75, 3.05) is 26.7 Å². The van der Waals surface area contributed by atoms with E-state index in [-0.39, 0.29) is 12.6 Å². The van der Waals surface area contributed by atoms with Gasteiger partial charge in [-0.15, -0.1) is 0 Å². The molecule has 1 atom stereocenters. The van der Waals surface area contributed by atoms with E-state index in [0.29, 0.717) is 6.54 Å². The molecule has 0 spiro atoms. The highest BCUT2D eigenvalue weighted by molar-refractivity contribution is 5.75. The average Bonchev–Trinajstić information content (AvgIpc) is 3.08. The van der Waals surface area contributed by atoms with Crippen LogP contribution in [0, 0.1) is 0 Å². The Balaban J connectivity index is 2.59.